The molecule has 7 N–H and O–H groups in total. The van der Waals surface area contributed by atoms with Gasteiger partial charge in [0.25, 0.3) is 0 Å². The third-order valence-corrected chi connectivity index (χ3v) is 3.18. The third-order valence-electron chi connectivity index (χ3n) is 2.81. The van der Waals surface area contributed by atoms with E-state index in [1.165, 1.54) is 7.11 Å². The molecule has 0 aliphatic heterocycles. The molecule has 0 bridgehead atoms. The number of esters is 1. The molecule has 0 aromatic heterocycles. The van der Waals surface area contributed by atoms with Crippen molar-refractivity contribution in [3.05, 3.63) is 12.2 Å². The number of carbonyl (C=O) groups is 6. The fraction of sp³-hybridized carbons (Fsp3) is 0.467. The second kappa shape index (κ2) is 15.9. The van der Waals surface area contributed by atoms with Crippen molar-refractivity contribution < 1.29 is 48.8 Å². The summed E-state index contributed by atoms with van der Waals surface area (Å²) in [4.78, 5) is 63.6. The SMILES string of the molecule is COC(=O)/C=C/C(=O)O.NC(CCC(=O)NC(CS)C(=O)NCC(=O)O)C(=O)O. The monoisotopic (exact) mass is 437 g/mol. The molecule has 0 radical (unpaired) electrons. The van der Waals surface area contributed by atoms with Gasteiger partial charge in [-0.25, -0.2) is 9.59 Å². The number of aliphatic carboxylic acids is 3. The van der Waals surface area contributed by atoms with Crippen molar-refractivity contribution in [3.63, 3.8) is 0 Å². The third kappa shape index (κ3) is 16.7. The van der Waals surface area contributed by atoms with Gasteiger partial charge in [-0.05, 0) is 6.42 Å². The van der Waals surface area contributed by atoms with Crippen molar-refractivity contribution in [1.82, 2.24) is 10.6 Å². The quantitative estimate of drug-likeness (QED) is 0.102. The summed E-state index contributed by atoms with van der Waals surface area (Å²) in [5.41, 5.74) is 5.23. The summed E-state index contributed by atoms with van der Waals surface area (Å²) in [6.45, 7) is -0.567. The summed E-state index contributed by atoms with van der Waals surface area (Å²) >= 11 is 3.87. The lowest BCUT2D eigenvalue weighted by Crippen LogP contribution is -2.49. The van der Waals surface area contributed by atoms with Crippen LogP contribution in [0.4, 0.5) is 0 Å². The number of carboxylic acid groups (broad SMARTS) is 3. The molecular weight excluding hydrogens is 414 g/mol. The zero-order valence-electron chi connectivity index (χ0n) is 15.4. The van der Waals surface area contributed by atoms with Crippen LogP contribution in [0.3, 0.4) is 0 Å². The Balaban J connectivity index is 0. The highest BCUT2D eigenvalue weighted by Gasteiger charge is 2.20. The number of hydrogen-bond donors (Lipinski definition) is 7. The van der Waals surface area contributed by atoms with Gasteiger partial charge in [0.2, 0.25) is 11.8 Å². The van der Waals surface area contributed by atoms with Crippen molar-refractivity contribution in [2.24, 2.45) is 5.73 Å². The number of thiol groups is 1. The first-order valence-electron chi connectivity index (χ1n) is 7.81. The standard InChI is InChI=1S/C10H17N3O6S.C5H6O4/c11-5(10(18)19)1-2-7(14)13-6(4-20)9(17)12-3-8(15)16;1-9-5(8)3-2-4(6)7/h5-6,20H,1-4,11H2,(H,12,17)(H,13,14)(H,15,16)(H,18,19);2-3H,1H3,(H,6,7)/b;3-2+. The molecule has 0 saturated heterocycles. The number of nitrogens with two attached hydrogens (primary N) is 1. The Labute approximate surface area is 170 Å². The van der Waals surface area contributed by atoms with E-state index in [-0.39, 0.29) is 18.6 Å². The Morgan fingerprint density at radius 1 is 1.10 bits per heavy atom. The first kappa shape index (κ1) is 28.1. The molecule has 0 aliphatic carbocycles. The number of ether oxygens (including phenoxy) is 1. The summed E-state index contributed by atoms with van der Waals surface area (Å²) in [6.07, 6.45) is 1.31. The molecule has 0 fully saturated rings. The van der Waals surface area contributed by atoms with Gasteiger partial charge in [0, 0.05) is 24.3 Å². The second-order valence-corrected chi connectivity index (χ2v) is 5.46. The predicted octanol–water partition coefficient (Wildman–Crippen LogP) is -2.41. The fourth-order valence-electron chi connectivity index (χ4n) is 1.36. The molecule has 0 aromatic rings. The molecule has 0 heterocycles. The number of hydrogen-bond acceptors (Lipinski definition) is 9. The zero-order chi connectivity index (χ0) is 23.0. The van der Waals surface area contributed by atoms with Crippen LogP contribution in [0.25, 0.3) is 0 Å². The molecule has 13 nitrogen and oxygen atoms in total. The van der Waals surface area contributed by atoms with Crippen LogP contribution in [0.5, 0.6) is 0 Å². The van der Waals surface area contributed by atoms with Gasteiger partial charge in [-0.3, -0.25) is 19.2 Å². The molecule has 0 spiro atoms. The van der Waals surface area contributed by atoms with Crippen LogP contribution in [0.1, 0.15) is 12.8 Å². The average Bonchev–Trinajstić information content (AvgIpc) is 2.66. The fourth-order valence-corrected chi connectivity index (χ4v) is 1.62. The zero-order valence-corrected chi connectivity index (χ0v) is 16.3. The number of carboxylic acids is 3. The van der Waals surface area contributed by atoms with Crippen LogP contribution in [-0.4, -0.2) is 82.5 Å². The second-order valence-electron chi connectivity index (χ2n) is 5.09. The maximum Gasteiger partial charge on any atom is 0.330 e. The van der Waals surface area contributed by atoms with Crippen molar-refractivity contribution in [3.8, 4) is 0 Å². The first-order valence-corrected chi connectivity index (χ1v) is 8.44. The van der Waals surface area contributed by atoms with E-state index in [0.717, 1.165) is 6.08 Å². The van der Waals surface area contributed by atoms with Crippen molar-refractivity contribution in [1.29, 1.82) is 0 Å². The van der Waals surface area contributed by atoms with Crippen LogP contribution in [0, 0.1) is 0 Å². The number of rotatable bonds is 11. The smallest absolute Gasteiger partial charge is 0.330 e. The van der Waals surface area contributed by atoms with E-state index in [2.05, 4.69) is 28.0 Å². The molecule has 164 valence electrons. The topological polar surface area (TPSA) is 222 Å². The summed E-state index contributed by atoms with van der Waals surface area (Å²) < 4.78 is 4.11. The van der Waals surface area contributed by atoms with Gasteiger partial charge in [-0.1, -0.05) is 0 Å². The molecule has 0 rings (SSSR count). The lowest BCUT2D eigenvalue weighted by atomic mass is 10.1. The molecule has 14 heteroatoms. The predicted molar refractivity (Wildman–Crippen MR) is 100 cm³/mol. The van der Waals surface area contributed by atoms with Crippen LogP contribution in [0.2, 0.25) is 0 Å². The minimum Gasteiger partial charge on any atom is -0.480 e. The largest absolute Gasteiger partial charge is 0.480 e. The van der Waals surface area contributed by atoms with Crippen LogP contribution in [-0.2, 0) is 33.5 Å². The van der Waals surface area contributed by atoms with Gasteiger partial charge in [0.15, 0.2) is 0 Å². The molecule has 0 saturated carbocycles. The normalized spacial score (nSPS) is 12.0. The maximum atomic E-state index is 11.5. The highest BCUT2D eigenvalue weighted by atomic mass is 32.1. The van der Waals surface area contributed by atoms with E-state index < -0.39 is 54.3 Å². The van der Waals surface area contributed by atoms with E-state index in [4.69, 9.17) is 21.1 Å². The highest BCUT2D eigenvalue weighted by Crippen LogP contribution is 1.97. The van der Waals surface area contributed by atoms with Crippen LogP contribution in [0.15, 0.2) is 12.2 Å². The number of nitrogens with one attached hydrogen (secondary N) is 2. The number of methoxy groups -OCH3 is 1. The van der Waals surface area contributed by atoms with E-state index >= 15 is 0 Å². The summed E-state index contributed by atoms with van der Waals surface area (Å²) in [7, 11) is 1.18. The van der Waals surface area contributed by atoms with E-state index in [0.29, 0.717) is 6.08 Å². The van der Waals surface area contributed by atoms with Crippen LogP contribution < -0.4 is 16.4 Å². The Morgan fingerprint density at radius 3 is 2.10 bits per heavy atom. The van der Waals surface area contributed by atoms with E-state index in [1.54, 1.807) is 0 Å². The Kier molecular flexibility index (Phi) is 15.4. The van der Waals surface area contributed by atoms with Gasteiger partial charge >= 0.3 is 23.9 Å². The summed E-state index contributed by atoms with van der Waals surface area (Å²) in [5, 5.41) is 29.3. The van der Waals surface area contributed by atoms with Gasteiger partial charge in [-0.2, -0.15) is 12.6 Å². The maximum absolute atomic E-state index is 11.5. The van der Waals surface area contributed by atoms with Gasteiger partial charge in [-0.15, -0.1) is 0 Å². The highest BCUT2D eigenvalue weighted by molar-refractivity contribution is 7.80. The van der Waals surface area contributed by atoms with Crippen LogP contribution >= 0.6 is 12.6 Å². The lowest BCUT2D eigenvalue weighted by molar-refractivity contribution is -0.139. The van der Waals surface area contributed by atoms with Gasteiger partial charge < -0.3 is 36.4 Å². The minimum atomic E-state index is -1.22. The minimum absolute atomic E-state index is 0.0256. The van der Waals surface area contributed by atoms with Crippen molar-refractivity contribution >= 4 is 48.3 Å². The first-order chi connectivity index (χ1) is 13.4. The average molecular weight is 437 g/mol. The molecule has 0 aromatic carbocycles. The van der Waals surface area contributed by atoms with E-state index in [9.17, 15) is 28.8 Å². The van der Waals surface area contributed by atoms with Crippen molar-refractivity contribution in [2.45, 2.75) is 24.9 Å². The summed E-state index contributed by atoms with van der Waals surface area (Å²) in [5.74, 6) is -5.54. The number of carbonyl (C=O) groups excluding carboxylic acids is 3. The number of amides is 2. The molecule has 29 heavy (non-hydrogen) atoms. The molecule has 2 unspecified atom stereocenters. The lowest BCUT2D eigenvalue weighted by Gasteiger charge is -2.16. The van der Waals surface area contributed by atoms with Gasteiger partial charge in [0.05, 0.1) is 7.11 Å². The molecule has 2 atom stereocenters. The molecule has 2 amide bonds. The van der Waals surface area contributed by atoms with Gasteiger partial charge in [0.1, 0.15) is 18.6 Å². The van der Waals surface area contributed by atoms with Crippen molar-refractivity contribution in [2.75, 3.05) is 19.4 Å². The summed E-state index contributed by atoms with van der Waals surface area (Å²) in [6, 6.07) is -2.15. The molecular formula is C15H23N3O10S. The van der Waals surface area contributed by atoms with E-state index in [1.807, 2.05) is 0 Å². The molecule has 0 aliphatic rings. The Hall–Kier alpha value is -3.13. The Bertz CT molecular complexity index is 638. The Morgan fingerprint density at radius 2 is 1.69 bits per heavy atom.